The van der Waals surface area contributed by atoms with Crippen molar-refractivity contribution in [1.29, 1.82) is 0 Å². The minimum atomic E-state index is -0.745. The lowest BCUT2D eigenvalue weighted by molar-refractivity contribution is -0.184. The second kappa shape index (κ2) is 3.30. The Morgan fingerprint density at radius 2 is 1.81 bits per heavy atom. The molecule has 4 heteroatoms. The van der Waals surface area contributed by atoms with Gasteiger partial charge in [-0.2, -0.15) is 0 Å². The molecule has 1 unspecified atom stereocenters. The third kappa shape index (κ3) is 1.42. The smallest absolute Gasteiger partial charge is 0.226 e. The van der Waals surface area contributed by atoms with Crippen LogP contribution in [0.3, 0.4) is 0 Å². The van der Waals surface area contributed by atoms with Gasteiger partial charge in [0.1, 0.15) is 0 Å². The standard InChI is InChI=1S/C12H13NO3/c13-11(14)10-5-12(10)15-6-8-3-1-2-4-9(8)7-16-12/h1-4,10H,5-7H2,(H2,13,14). The van der Waals surface area contributed by atoms with Crippen LogP contribution in [-0.2, 0) is 27.5 Å². The molecule has 2 aliphatic rings. The van der Waals surface area contributed by atoms with E-state index in [0.29, 0.717) is 19.6 Å². The van der Waals surface area contributed by atoms with Crippen LogP contribution in [0.2, 0.25) is 0 Å². The maximum atomic E-state index is 11.1. The van der Waals surface area contributed by atoms with Crippen LogP contribution < -0.4 is 5.73 Å². The largest absolute Gasteiger partial charge is 0.369 e. The zero-order chi connectivity index (χ0) is 11.2. The molecule has 0 aromatic heterocycles. The average Bonchev–Trinajstić information content (AvgIpc) is 3.03. The van der Waals surface area contributed by atoms with Crippen molar-refractivity contribution in [2.75, 3.05) is 0 Å². The highest BCUT2D eigenvalue weighted by molar-refractivity contribution is 5.81. The molecule has 4 nitrogen and oxygen atoms in total. The molecule has 0 bridgehead atoms. The van der Waals surface area contributed by atoms with Crippen LogP contribution in [0.1, 0.15) is 17.5 Å². The number of benzene rings is 1. The zero-order valence-corrected chi connectivity index (χ0v) is 8.81. The lowest BCUT2D eigenvalue weighted by atomic mass is 10.1. The Kier molecular flexibility index (Phi) is 2.02. The van der Waals surface area contributed by atoms with Crippen LogP contribution in [0, 0.1) is 5.92 Å². The fourth-order valence-electron chi connectivity index (χ4n) is 2.14. The molecule has 0 saturated heterocycles. The van der Waals surface area contributed by atoms with Crippen molar-refractivity contribution < 1.29 is 14.3 Å². The zero-order valence-electron chi connectivity index (χ0n) is 8.81. The van der Waals surface area contributed by atoms with E-state index in [9.17, 15) is 4.79 Å². The van der Waals surface area contributed by atoms with E-state index in [1.807, 2.05) is 24.3 Å². The normalized spacial score (nSPS) is 25.9. The number of carbonyl (C=O) groups is 1. The lowest BCUT2D eigenvalue weighted by Gasteiger charge is -2.14. The number of hydrogen-bond acceptors (Lipinski definition) is 3. The molecule has 1 aromatic rings. The predicted octanol–water partition coefficient (Wildman–Crippen LogP) is 0.935. The van der Waals surface area contributed by atoms with Crippen molar-refractivity contribution in [3.05, 3.63) is 35.4 Å². The van der Waals surface area contributed by atoms with Gasteiger partial charge in [-0.3, -0.25) is 4.79 Å². The molecule has 2 N–H and O–H groups in total. The van der Waals surface area contributed by atoms with Crippen molar-refractivity contribution in [1.82, 2.24) is 0 Å². The summed E-state index contributed by atoms with van der Waals surface area (Å²) in [5.41, 5.74) is 7.50. The third-order valence-electron chi connectivity index (χ3n) is 3.27. The molecule has 1 saturated carbocycles. The molecule has 0 radical (unpaired) electrons. The van der Waals surface area contributed by atoms with Gasteiger partial charge in [-0.05, 0) is 11.1 Å². The van der Waals surface area contributed by atoms with Crippen LogP contribution >= 0.6 is 0 Å². The summed E-state index contributed by atoms with van der Waals surface area (Å²) >= 11 is 0. The van der Waals surface area contributed by atoms with Crippen LogP contribution in [-0.4, -0.2) is 11.7 Å². The van der Waals surface area contributed by atoms with E-state index in [1.54, 1.807) is 0 Å². The number of nitrogens with two attached hydrogens (primary N) is 1. The van der Waals surface area contributed by atoms with Crippen LogP contribution in [0.15, 0.2) is 24.3 Å². The van der Waals surface area contributed by atoms with Gasteiger partial charge in [0.25, 0.3) is 0 Å². The summed E-state index contributed by atoms with van der Waals surface area (Å²) in [5.74, 6) is -1.38. The predicted molar refractivity (Wildman–Crippen MR) is 56.1 cm³/mol. The molecule has 3 rings (SSSR count). The first-order valence-electron chi connectivity index (χ1n) is 5.35. The highest BCUT2D eigenvalue weighted by Gasteiger charge is 2.61. The number of fused-ring (bicyclic) bond motifs is 1. The Bertz CT molecular complexity index is 417. The quantitative estimate of drug-likeness (QED) is 0.764. The minimum Gasteiger partial charge on any atom is -0.369 e. The third-order valence-corrected chi connectivity index (χ3v) is 3.27. The van der Waals surface area contributed by atoms with Crippen LogP contribution in [0.5, 0.6) is 0 Å². The molecule has 1 aliphatic heterocycles. The van der Waals surface area contributed by atoms with Gasteiger partial charge in [0.15, 0.2) is 5.79 Å². The van der Waals surface area contributed by atoms with Gasteiger partial charge in [0.05, 0.1) is 19.1 Å². The van der Waals surface area contributed by atoms with Crippen molar-refractivity contribution in [3.63, 3.8) is 0 Å². The van der Waals surface area contributed by atoms with E-state index < -0.39 is 5.79 Å². The van der Waals surface area contributed by atoms with E-state index in [2.05, 4.69) is 0 Å². The molecule has 1 fully saturated rings. The Hall–Kier alpha value is -1.39. The average molecular weight is 219 g/mol. The Morgan fingerprint density at radius 1 is 1.25 bits per heavy atom. The van der Waals surface area contributed by atoms with Crippen molar-refractivity contribution in [2.45, 2.75) is 25.4 Å². The molecule has 1 spiro atoms. The number of ether oxygens (including phenoxy) is 2. The summed E-state index contributed by atoms with van der Waals surface area (Å²) in [6, 6.07) is 7.97. The first-order chi connectivity index (χ1) is 7.71. The van der Waals surface area contributed by atoms with Crippen molar-refractivity contribution in [2.24, 2.45) is 11.7 Å². The van der Waals surface area contributed by atoms with Crippen molar-refractivity contribution in [3.8, 4) is 0 Å². The van der Waals surface area contributed by atoms with Gasteiger partial charge in [0, 0.05) is 6.42 Å². The fourth-order valence-corrected chi connectivity index (χ4v) is 2.14. The summed E-state index contributed by atoms with van der Waals surface area (Å²) < 4.78 is 11.4. The van der Waals surface area contributed by atoms with Crippen LogP contribution in [0.25, 0.3) is 0 Å². The highest BCUT2D eigenvalue weighted by atomic mass is 16.7. The van der Waals surface area contributed by atoms with E-state index in [1.165, 1.54) is 0 Å². The number of hydrogen-bond donors (Lipinski definition) is 1. The maximum Gasteiger partial charge on any atom is 0.226 e. The summed E-state index contributed by atoms with van der Waals surface area (Å²) in [4.78, 5) is 11.1. The summed E-state index contributed by atoms with van der Waals surface area (Å²) in [5, 5.41) is 0. The SMILES string of the molecule is NC(=O)C1CC12OCc1ccccc1CO2. The van der Waals surface area contributed by atoms with Gasteiger partial charge in [0.2, 0.25) is 5.91 Å². The van der Waals surface area contributed by atoms with E-state index in [0.717, 1.165) is 11.1 Å². The van der Waals surface area contributed by atoms with E-state index >= 15 is 0 Å². The van der Waals surface area contributed by atoms with Gasteiger partial charge in [-0.15, -0.1) is 0 Å². The van der Waals surface area contributed by atoms with Gasteiger partial charge < -0.3 is 15.2 Å². The Morgan fingerprint density at radius 3 is 2.25 bits per heavy atom. The van der Waals surface area contributed by atoms with E-state index in [-0.39, 0.29) is 11.8 Å². The van der Waals surface area contributed by atoms with Gasteiger partial charge in [-0.25, -0.2) is 0 Å². The first kappa shape index (κ1) is 9.81. The van der Waals surface area contributed by atoms with Crippen LogP contribution in [0.4, 0.5) is 0 Å². The minimum absolute atomic E-state index is 0.290. The summed E-state index contributed by atoms with van der Waals surface area (Å²) in [7, 11) is 0. The molecule has 1 aromatic carbocycles. The number of primary amides is 1. The summed E-state index contributed by atoms with van der Waals surface area (Å²) in [6.07, 6.45) is 0.580. The summed E-state index contributed by atoms with van der Waals surface area (Å²) in [6.45, 7) is 0.972. The number of amides is 1. The Balaban J connectivity index is 1.81. The number of carbonyl (C=O) groups excluding carboxylic acids is 1. The molecule has 1 amide bonds. The molecular weight excluding hydrogens is 206 g/mol. The molecule has 1 heterocycles. The second-order valence-corrected chi connectivity index (χ2v) is 4.32. The topological polar surface area (TPSA) is 61.6 Å². The lowest BCUT2D eigenvalue weighted by Crippen LogP contribution is -2.26. The molecule has 84 valence electrons. The highest BCUT2D eigenvalue weighted by Crippen LogP contribution is 2.50. The second-order valence-electron chi connectivity index (χ2n) is 4.32. The fraction of sp³-hybridized carbons (Fsp3) is 0.417. The molecule has 16 heavy (non-hydrogen) atoms. The molecule has 1 atom stereocenters. The first-order valence-corrected chi connectivity index (χ1v) is 5.35. The van der Waals surface area contributed by atoms with Gasteiger partial charge in [-0.1, -0.05) is 24.3 Å². The monoisotopic (exact) mass is 219 g/mol. The maximum absolute atomic E-state index is 11.1. The number of rotatable bonds is 1. The molecule has 1 aliphatic carbocycles. The van der Waals surface area contributed by atoms with Gasteiger partial charge >= 0.3 is 0 Å². The Labute approximate surface area is 93.3 Å². The van der Waals surface area contributed by atoms with E-state index in [4.69, 9.17) is 15.2 Å². The molecular formula is C12H13NO3. The van der Waals surface area contributed by atoms with Crippen molar-refractivity contribution >= 4 is 5.91 Å².